The van der Waals surface area contributed by atoms with Crippen LogP contribution in [0.5, 0.6) is 0 Å². The van der Waals surface area contributed by atoms with Crippen molar-refractivity contribution in [1.82, 2.24) is 15.2 Å². The predicted molar refractivity (Wildman–Crippen MR) is 68.2 cm³/mol. The molecule has 2 rings (SSSR count). The third kappa shape index (κ3) is 2.76. The van der Waals surface area contributed by atoms with Gasteiger partial charge in [0.25, 0.3) is 0 Å². The van der Waals surface area contributed by atoms with Crippen molar-refractivity contribution in [3.63, 3.8) is 0 Å². The minimum atomic E-state index is 0.00731. The zero-order valence-corrected chi connectivity index (χ0v) is 10.6. The first-order chi connectivity index (χ1) is 8.20. The molecule has 0 amide bonds. The van der Waals surface area contributed by atoms with E-state index in [0.29, 0.717) is 5.92 Å². The smallest absolute Gasteiger partial charge is 0.181 e. The van der Waals surface area contributed by atoms with Crippen LogP contribution in [0, 0.1) is 5.92 Å². The van der Waals surface area contributed by atoms with Crippen LogP contribution in [0.2, 0.25) is 0 Å². The average Bonchev–Trinajstić information content (AvgIpc) is 2.83. The molecule has 1 saturated heterocycles. The van der Waals surface area contributed by atoms with Crippen molar-refractivity contribution in [2.45, 2.75) is 19.9 Å². The number of piperazine rings is 1. The summed E-state index contributed by atoms with van der Waals surface area (Å²) in [6.45, 7) is 8.11. The van der Waals surface area contributed by atoms with Crippen LogP contribution in [0.15, 0.2) is 18.5 Å². The topological polar surface area (TPSA) is 48.1 Å². The van der Waals surface area contributed by atoms with Crippen molar-refractivity contribution in [3.05, 3.63) is 24.0 Å². The van der Waals surface area contributed by atoms with E-state index in [1.165, 1.54) is 0 Å². The van der Waals surface area contributed by atoms with Gasteiger partial charge in [-0.25, -0.2) is 0 Å². The summed E-state index contributed by atoms with van der Waals surface area (Å²) in [5.41, 5.74) is 0.794. The number of aromatic nitrogens is 1. The molecule has 0 saturated carbocycles. The van der Waals surface area contributed by atoms with Crippen molar-refractivity contribution in [2.75, 3.05) is 26.2 Å². The predicted octanol–water partition coefficient (Wildman–Crippen LogP) is 1.13. The van der Waals surface area contributed by atoms with Crippen LogP contribution in [0.25, 0.3) is 0 Å². The summed E-state index contributed by atoms with van der Waals surface area (Å²) >= 11 is 0. The second kappa shape index (κ2) is 5.47. The minimum Gasteiger partial charge on any atom is -0.367 e. The summed E-state index contributed by atoms with van der Waals surface area (Å²) in [6.07, 6.45) is 3.60. The quantitative estimate of drug-likeness (QED) is 0.769. The maximum atomic E-state index is 12.5. The molecule has 1 fully saturated rings. The summed E-state index contributed by atoms with van der Waals surface area (Å²) in [4.78, 5) is 17.7. The highest BCUT2D eigenvalue weighted by atomic mass is 16.1. The van der Waals surface area contributed by atoms with Crippen LogP contribution in [-0.4, -0.2) is 47.9 Å². The lowest BCUT2D eigenvalue weighted by Crippen LogP contribution is -2.53. The van der Waals surface area contributed by atoms with Crippen LogP contribution >= 0.6 is 0 Å². The number of ketones is 1. The summed E-state index contributed by atoms with van der Waals surface area (Å²) in [6, 6.07) is 1.87. The van der Waals surface area contributed by atoms with Crippen LogP contribution < -0.4 is 5.32 Å². The molecule has 0 aliphatic carbocycles. The van der Waals surface area contributed by atoms with Gasteiger partial charge in [0.1, 0.15) is 0 Å². The molecule has 1 unspecified atom stereocenters. The van der Waals surface area contributed by atoms with Crippen LogP contribution in [0.4, 0.5) is 0 Å². The van der Waals surface area contributed by atoms with Gasteiger partial charge in [0.05, 0.1) is 6.04 Å². The first-order valence-corrected chi connectivity index (χ1v) is 6.32. The first-order valence-electron chi connectivity index (χ1n) is 6.32. The maximum Gasteiger partial charge on any atom is 0.181 e. The number of nitrogens with zero attached hydrogens (tertiary/aromatic N) is 1. The number of Topliss-reactive ketones (excluding diaryl/α,β-unsaturated/α-hetero) is 1. The number of aromatic amines is 1. The molecule has 4 heteroatoms. The number of carbonyl (C=O) groups excluding carboxylic acids is 1. The van der Waals surface area contributed by atoms with Crippen molar-refractivity contribution in [1.29, 1.82) is 0 Å². The molecule has 0 bridgehead atoms. The molecule has 0 radical (unpaired) electrons. The Hall–Kier alpha value is -1.13. The lowest BCUT2D eigenvalue weighted by molar-refractivity contribution is 0.0719. The number of nitrogens with one attached hydrogen (secondary N) is 2. The van der Waals surface area contributed by atoms with Crippen LogP contribution in [-0.2, 0) is 0 Å². The number of hydrogen-bond acceptors (Lipinski definition) is 3. The van der Waals surface area contributed by atoms with E-state index in [0.717, 1.165) is 31.7 Å². The van der Waals surface area contributed by atoms with Gasteiger partial charge in [0.2, 0.25) is 0 Å². The fraction of sp³-hybridized carbons (Fsp3) is 0.615. The molecule has 94 valence electrons. The molecule has 0 aromatic carbocycles. The molecule has 1 aromatic heterocycles. The normalized spacial score (nSPS) is 19.5. The molecule has 2 heterocycles. The zero-order valence-electron chi connectivity index (χ0n) is 10.6. The van der Waals surface area contributed by atoms with E-state index in [9.17, 15) is 4.79 Å². The molecule has 1 atom stereocenters. The Morgan fingerprint density at radius 3 is 2.59 bits per heavy atom. The molecule has 2 N–H and O–H groups in total. The number of rotatable bonds is 4. The Morgan fingerprint density at radius 1 is 1.35 bits per heavy atom. The Morgan fingerprint density at radius 2 is 2.06 bits per heavy atom. The molecule has 17 heavy (non-hydrogen) atoms. The van der Waals surface area contributed by atoms with Crippen LogP contribution in [0.1, 0.15) is 24.2 Å². The summed E-state index contributed by atoms with van der Waals surface area (Å²) in [5, 5.41) is 3.32. The summed E-state index contributed by atoms with van der Waals surface area (Å²) in [7, 11) is 0. The Bertz CT molecular complexity index is 353. The van der Waals surface area contributed by atoms with Crippen molar-refractivity contribution < 1.29 is 4.79 Å². The highest BCUT2D eigenvalue weighted by Gasteiger charge is 2.30. The van der Waals surface area contributed by atoms with E-state index in [-0.39, 0.29) is 11.8 Å². The molecule has 1 aromatic rings. The van der Waals surface area contributed by atoms with Gasteiger partial charge in [-0.2, -0.15) is 0 Å². The van der Waals surface area contributed by atoms with Crippen LogP contribution in [0.3, 0.4) is 0 Å². The zero-order chi connectivity index (χ0) is 12.3. The largest absolute Gasteiger partial charge is 0.367 e. The highest BCUT2D eigenvalue weighted by Crippen LogP contribution is 2.17. The Kier molecular flexibility index (Phi) is 3.97. The molecule has 1 aliphatic rings. The van der Waals surface area contributed by atoms with E-state index in [2.05, 4.69) is 29.0 Å². The maximum absolute atomic E-state index is 12.5. The van der Waals surface area contributed by atoms with Gasteiger partial charge < -0.3 is 10.3 Å². The van der Waals surface area contributed by atoms with Crippen molar-refractivity contribution >= 4 is 5.78 Å². The average molecular weight is 235 g/mol. The molecular formula is C13H21N3O. The molecular weight excluding hydrogens is 214 g/mol. The third-order valence-electron chi connectivity index (χ3n) is 3.33. The number of H-pyrrole nitrogens is 1. The van der Waals surface area contributed by atoms with E-state index in [1.807, 2.05) is 12.3 Å². The van der Waals surface area contributed by atoms with Crippen molar-refractivity contribution in [2.24, 2.45) is 5.92 Å². The van der Waals surface area contributed by atoms with Gasteiger partial charge in [-0.05, 0) is 12.0 Å². The standard InChI is InChI=1S/C13H21N3O/c1-10(2)12(16-7-5-14-6-8-16)13(17)11-3-4-15-9-11/h3-4,9-10,12,14-15H,5-8H2,1-2H3. The van der Waals surface area contributed by atoms with Gasteiger partial charge in [-0.15, -0.1) is 0 Å². The van der Waals surface area contributed by atoms with Gasteiger partial charge in [0, 0.05) is 44.1 Å². The Labute approximate surface area is 102 Å². The lowest BCUT2D eigenvalue weighted by Gasteiger charge is -2.36. The molecule has 0 spiro atoms. The van der Waals surface area contributed by atoms with E-state index in [1.54, 1.807) is 6.20 Å². The number of hydrogen-bond donors (Lipinski definition) is 2. The minimum absolute atomic E-state index is 0.00731. The van der Waals surface area contributed by atoms with Gasteiger partial charge in [-0.3, -0.25) is 9.69 Å². The first kappa shape index (κ1) is 12.3. The Balaban J connectivity index is 2.14. The highest BCUT2D eigenvalue weighted by molar-refractivity contribution is 6.00. The van der Waals surface area contributed by atoms with E-state index in [4.69, 9.17) is 0 Å². The van der Waals surface area contributed by atoms with E-state index >= 15 is 0 Å². The monoisotopic (exact) mass is 235 g/mol. The van der Waals surface area contributed by atoms with Gasteiger partial charge in [0.15, 0.2) is 5.78 Å². The molecule has 4 nitrogen and oxygen atoms in total. The fourth-order valence-electron chi connectivity index (χ4n) is 2.50. The summed E-state index contributed by atoms with van der Waals surface area (Å²) < 4.78 is 0. The second-order valence-corrected chi connectivity index (χ2v) is 4.94. The SMILES string of the molecule is CC(C)C(C(=O)c1cc[nH]c1)N1CCNCC1. The lowest BCUT2D eigenvalue weighted by atomic mass is 9.94. The third-order valence-corrected chi connectivity index (χ3v) is 3.33. The van der Waals surface area contributed by atoms with Gasteiger partial charge >= 0.3 is 0 Å². The second-order valence-electron chi connectivity index (χ2n) is 4.94. The summed E-state index contributed by atoms with van der Waals surface area (Å²) in [5.74, 6) is 0.582. The van der Waals surface area contributed by atoms with E-state index < -0.39 is 0 Å². The van der Waals surface area contributed by atoms with Crippen molar-refractivity contribution in [3.8, 4) is 0 Å². The number of carbonyl (C=O) groups is 1. The van der Waals surface area contributed by atoms with Gasteiger partial charge in [-0.1, -0.05) is 13.8 Å². The molecule has 1 aliphatic heterocycles. The fourth-order valence-corrected chi connectivity index (χ4v) is 2.50.